The first-order valence-electron chi connectivity index (χ1n) is 14.8. The number of anilines is 1. The van der Waals surface area contributed by atoms with E-state index in [9.17, 15) is 27.2 Å². The number of carbonyl (C=O) groups is 2. The predicted molar refractivity (Wildman–Crippen MR) is 163 cm³/mol. The van der Waals surface area contributed by atoms with Gasteiger partial charge in [-0.1, -0.05) is 12.1 Å². The Morgan fingerprint density at radius 1 is 1.04 bits per heavy atom. The van der Waals surface area contributed by atoms with Gasteiger partial charge in [-0.25, -0.2) is 14.2 Å². The summed E-state index contributed by atoms with van der Waals surface area (Å²) in [5.41, 5.74) is 1.68. The number of nitrogens with zero attached hydrogens (tertiary/aromatic N) is 4. The van der Waals surface area contributed by atoms with Gasteiger partial charge in [-0.2, -0.15) is 13.2 Å². The van der Waals surface area contributed by atoms with Crippen LogP contribution in [0.2, 0.25) is 0 Å². The van der Waals surface area contributed by atoms with Gasteiger partial charge < -0.3 is 30.2 Å². The van der Waals surface area contributed by atoms with E-state index in [1.165, 1.54) is 28.0 Å². The molecular formula is C32H33F4N7O3. The number of benzene rings is 2. The van der Waals surface area contributed by atoms with E-state index in [1.54, 1.807) is 26.2 Å². The van der Waals surface area contributed by atoms with Crippen LogP contribution in [-0.2, 0) is 25.7 Å². The summed E-state index contributed by atoms with van der Waals surface area (Å²) in [7, 11) is 3.20. The number of carbonyl (C=O) groups excluding carboxylic acids is 2. The van der Waals surface area contributed by atoms with Gasteiger partial charge >= 0.3 is 12.2 Å². The number of aromatic nitrogens is 2. The molecule has 46 heavy (non-hydrogen) atoms. The Balaban J connectivity index is 1.17. The van der Waals surface area contributed by atoms with Gasteiger partial charge in [-0.05, 0) is 53.4 Å². The van der Waals surface area contributed by atoms with Crippen LogP contribution in [0.15, 0.2) is 48.7 Å². The zero-order chi connectivity index (χ0) is 32.6. The Morgan fingerprint density at radius 3 is 2.57 bits per heavy atom. The minimum absolute atomic E-state index is 0.0556. The van der Waals surface area contributed by atoms with E-state index in [1.807, 2.05) is 11.0 Å². The molecule has 2 aliphatic rings. The van der Waals surface area contributed by atoms with Crippen LogP contribution in [0.25, 0.3) is 11.0 Å². The number of H-pyrrole nitrogens is 1. The number of hydrogen-bond donors (Lipinski definition) is 3. The molecule has 1 saturated heterocycles. The molecule has 0 aliphatic carbocycles. The summed E-state index contributed by atoms with van der Waals surface area (Å²) in [6.07, 6.45) is -3.05. The Hall–Kier alpha value is -4.69. The molecule has 0 spiro atoms. The highest BCUT2D eigenvalue weighted by atomic mass is 19.4. The second kappa shape index (κ2) is 12.6. The van der Waals surface area contributed by atoms with Crippen LogP contribution in [0.1, 0.15) is 32.7 Å². The molecule has 3 amide bonds. The quantitative estimate of drug-likeness (QED) is 0.250. The molecule has 4 heterocycles. The number of pyridine rings is 1. The van der Waals surface area contributed by atoms with Crippen molar-refractivity contribution in [1.82, 2.24) is 30.0 Å². The first-order chi connectivity index (χ1) is 22.0. The number of nitrogens with one attached hydrogen (secondary N) is 3. The predicted octanol–water partition coefficient (Wildman–Crippen LogP) is 5.21. The highest BCUT2D eigenvalue weighted by molar-refractivity contribution is 5.98. The Kier molecular flexibility index (Phi) is 8.57. The number of ether oxygens (including phenoxy) is 1. The lowest BCUT2D eigenvalue weighted by molar-refractivity contribution is -0.138. The van der Waals surface area contributed by atoms with Crippen LogP contribution in [0.5, 0.6) is 11.5 Å². The third-order valence-corrected chi connectivity index (χ3v) is 8.17. The maximum absolute atomic E-state index is 14.9. The summed E-state index contributed by atoms with van der Waals surface area (Å²) in [6.45, 7) is 3.46. The van der Waals surface area contributed by atoms with Crippen molar-refractivity contribution < 1.29 is 31.9 Å². The fourth-order valence-corrected chi connectivity index (χ4v) is 5.74. The zero-order valence-corrected chi connectivity index (χ0v) is 25.3. The number of alkyl halides is 3. The molecular weight excluding hydrogens is 606 g/mol. The van der Waals surface area contributed by atoms with E-state index in [2.05, 4.69) is 20.6 Å². The minimum atomic E-state index is -4.58. The topological polar surface area (TPSA) is 106 Å². The number of fused-ring (bicyclic) bond motifs is 2. The normalized spacial score (nSPS) is 15.5. The van der Waals surface area contributed by atoms with Crippen molar-refractivity contribution in [3.63, 3.8) is 0 Å². The van der Waals surface area contributed by atoms with Crippen molar-refractivity contribution in [1.29, 1.82) is 0 Å². The monoisotopic (exact) mass is 639 g/mol. The standard InChI is InChI=1S/C32H33F4N7O3/c1-41(2)30(44)27-15-24-28(26(33)16-38-29(24)40-27)46-23-6-4-19-7-10-43(18-21(19)13-23)31(45)39-22-5-3-20(25(14-22)32(34,35)36)17-42-11-8-37-9-12-42/h3-6,13-16,37H,7-12,17-18H2,1-2H3,(H,38,40)(H,39,45). The van der Waals surface area contributed by atoms with Crippen LogP contribution in [-0.4, -0.2) is 83.4 Å². The van der Waals surface area contributed by atoms with Crippen molar-refractivity contribution in [3.8, 4) is 11.5 Å². The number of aromatic amines is 1. The molecule has 1 fully saturated rings. The van der Waals surface area contributed by atoms with Gasteiger partial charge in [0.2, 0.25) is 0 Å². The molecule has 2 aliphatic heterocycles. The zero-order valence-electron chi connectivity index (χ0n) is 25.3. The largest absolute Gasteiger partial charge is 0.453 e. The molecule has 14 heteroatoms. The van der Waals surface area contributed by atoms with Crippen LogP contribution in [0.3, 0.4) is 0 Å². The lowest BCUT2D eigenvalue weighted by atomic mass is 9.99. The number of hydrogen-bond acceptors (Lipinski definition) is 6. The van der Waals surface area contributed by atoms with Gasteiger partial charge in [0.15, 0.2) is 11.6 Å². The van der Waals surface area contributed by atoms with Crippen LogP contribution in [0, 0.1) is 5.82 Å². The van der Waals surface area contributed by atoms with E-state index in [0.717, 1.165) is 36.5 Å². The third kappa shape index (κ3) is 6.63. The summed E-state index contributed by atoms with van der Waals surface area (Å²) in [4.78, 5) is 37.4. The third-order valence-electron chi connectivity index (χ3n) is 8.17. The first-order valence-corrected chi connectivity index (χ1v) is 14.8. The van der Waals surface area contributed by atoms with Crippen LogP contribution < -0.4 is 15.4 Å². The maximum Gasteiger partial charge on any atom is 0.416 e. The van der Waals surface area contributed by atoms with Crippen molar-refractivity contribution in [2.24, 2.45) is 0 Å². The molecule has 4 aromatic rings. The average Bonchev–Trinajstić information content (AvgIpc) is 3.47. The van der Waals surface area contributed by atoms with Crippen LogP contribution >= 0.6 is 0 Å². The number of halogens is 4. The SMILES string of the molecule is CN(C)C(=O)c1cc2c(Oc3ccc4c(c3)CN(C(=O)Nc3ccc(CN5CCNCC5)c(C(F)(F)F)c3)CC4)c(F)cnc2[nH]1. The van der Waals surface area contributed by atoms with E-state index >= 15 is 0 Å². The van der Waals surface area contributed by atoms with Crippen molar-refractivity contribution in [3.05, 3.63) is 82.4 Å². The van der Waals surface area contributed by atoms with Gasteiger partial charge in [0, 0.05) is 65.6 Å². The number of amides is 3. The van der Waals surface area contributed by atoms with Crippen molar-refractivity contribution in [2.75, 3.05) is 52.1 Å². The Labute approximate surface area is 262 Å². The second-order valence-electron chi connectivity index (χ2n) is 11.6. The highest BCUT2D eigenvalue weighted by Gasteiger charge is 2.34. The van der Waals surface area contributed by atoms with E-state index in [0.29, 0.717) is 37.2 Å². The van der Waals surface area contributed by atoms with Crippen molar-refractivity contribution in [2.45, 2.75) is 25.7 Å². The fraction of sp³-hybridized carbons (Fsp3) is 0.344. The molecule has 0 bridgehead atoms. The second-order valence-corrected chi connectivity index (χ2v) is 11.6. The molecule has 10 nitrogen and oxygen atoms in total. The average molecular weight is 640 g/mol. The molecule has 6 rings (SSSR count). The lowest BCUT2D eigenvalue weighted by Crippen LogP contribution is -2.43. The van der Waals surface area contributed by atoms with Crippen molar-refractivity contribution >= 4 is 28.7 Å². The van der Waals surface area contributed by atoms with Gasteiger partial charge in [0.1, 0.15) is 17.1 Å². The maximum atomic E-state index is 14.9. The highest BCUT2D eigenvalue weighted by Crippen LogP contribution is 2.36. The molecule has 2 aromatic carbocycles. The molecule has 0 saturated carbocycles. The lowest BCUT2D eigenvalue weighted by Gasteiger charge is -2.30. The first kappa shape index (κ1) is 31.3. The van der Waals surface area contributed by atoms with E-state index in [-0.39, 0.29) is 47.3 Å². The minimum Gasteiger partial charge on any atom is -0.453 e. The van der Waals surface area contributed by atoms with Crippen LogP contribution in [0.4, 0.5) is 28.0 Å². The Bertz CT molecular complexity index is 1780. The number of piperazine rings is 1. The van der Waals surface area contributed by atoms with E-state index in [4.69, 9.17) is 4.74 Å². The summed E-state index contributed by atoms with van der Waals surface area (Å²) >= 11 is 0. The summed E-state index contributed by atoms with van der Waals surface area (Å²) in [5, 5.41) is 6.11. The summed E-state index contributed by atoms with van der Waals surface area (Å²) in [5.74, 6) is -0.821. The molecule has 0 radical (unpaired) electrons. The Morgan fingerprint density at radius 2 is 1.83 bits per heavy atom. The number of rotatable bonds is 6. The molecule has 0 unspecified atom stereocenters. The van der Waals surface area contributed by atoms with E-state index < -0.39 is 23.6 Å². The van der Waals surface area contributed by atoms with Gasteiger partial charge in [0.25, 0.3) is 5.91 Å². The molecule has 0 atom stereocenters. The molecule has 242 valence electrons. The van der Waals surface area contributed by atoms with Gasteiger partial charge in [0.05, 0.1) is 17.1 Å². The molecule has 3 N–H and O–H groups in total. The molecule has 2 aromatic heterocycles. The number of urea groups is 1. The summed E-state index contributed by atoms with van der Waals surface area (Å²) < 4.78 is 62.9. The van der Waals surface area contributed by atoms with Gasteiger partial charge in [-0.3, -0.25) is 9.69 Å². The summed E-state index contributed by atoms with van der Waals surface area (Å²) in [6, 6.07) is 10.1. The van der Waals surface area contributed by atoms with Gasteiger partial charge in [-0.15, -0.1) is 0 Å². The fourth-order valence-electron chi connectivity index (χ4n) is 5.74. The smallest absolute Gasteiger partial charge is 0.416 e.